The van der Waals surface area contributed by atoms with Crippen molar-refractivity contribution in [3.05, 3.63) is 84.0 Å². The average Bonchev–Trinajstić information content (AvgIpc) is 3.00. The van der Waals surface area contributed by atoms with Crippen LogP contribution >= 0.6 is 11.6 Å². The molecule has 0 fully saturated rings. The summed E-state index contributed by atoms with van der Waals surface area (Å²) in [7, 11) is -13.2. The van der Waals surface area contributed by atoms with Gasteiger partial charge in [-0.1, -0.05) is 12.6 Å². The number of nitrogens with two attached hydrogens (primary N) is 1. The van der Waals surface area contributed by atoms with Crippen LogP contribution in [0.2, 0.25) is 5.28 Å². The third kappa shape index (κ3) is 7.48. The fourth-order valence-electron chi connectivity index (χ4n) is 4.20. The molecule has 248 valence electrons. The molecule has 0 aliphatic carbocycles. The molecule has 48 heavy (non-hydrogen) atoms. The summed E-state index contributed by atoms with van der Waals surface area (Å²) in [6, 6.07) is 13.6. The maximum Gasteiger partial charge on any atom is 0.296 e. The molecular weight excluding hydrogens is 712 g/mol. The van der Waals surface area contributed by atoms with Crippen molar-refractivity contribution in [2.24, 2.45) is 10.2 Å². The van der Waals surface area contributed by atoms with Crippen LogP contribution in [-0.2, 0) is 30.1 Å². The second-order valence-electron chi connectivity index (χ2n) is 9.61. The van der Waals surface area contributed by atoms with Gasteiger partial charge in [-0.05, 0) is 71.6 Å². The Bertz CT molecular complexity index is 2480. The Hall–Kier alpha value is -5.25. The molecule has 5 aromatic rings. The van der Waals surface area contributed by atoms with Crippen LogP contribution in [0.25, 0.3) is 10.8 Å². The molecule has 0 bridgehead atoms. The minimum Gasteiger partial charge on any atom is -0.507 e. The Labute approximate surface area is 277 Å². The number of azo groups is 1. The number of hydrogen-bond acceptors (Lipinski definition) is 15. The molecule has 5 rings (SSSR count). The standard InChI is InChI=1S/C27H21ClN8O9S3/c1-2-46(38,39)17-7-4-15(5-8-17)30-26-32-25(28)33-27(34-26)31-16-6-10-20(22(12-16)48(43,44)45)35-36-24-19(29)9-3-14-11-18(47(40,41)42)13-21(37)23(14)24/h2-13,37H,1,29H2,(H,40,41,42)(H,43,44,45)(H2,30,31,32,33,34). The summed E-state index contributed by atoms with van der Waals surface area (Å²) in [5, 5.41) is 24.6. The SMILES string of the molecule is C=CS(=O)(=O)c1ccc(Nc2nc(Cl)nc(Nc3ccc(N=Nc4c(N)ccc5cc(S(=O)(=O)O)cc(O)c45)c(S(=O)(=O)O)c3)n2)cc1. The molecule has 0 aliphatic heterocycles. The van der Waals surface area contributed by atoms with E-state index in [4.69, 9.17) is 17.3 Å². The van der Waals surface area contributed by atoms with Crippen LogP contribution in [0.3, 0.4) is 0 Å². The minimum absolute atomic E-state index is 0.0182. The van der Waals surface area contributed by atoms with E-state index in [2.05, 4.69) is 42.4 Å². The van der Waals surface area contributed by atoms with E-state index in [1.165, 1.54) is 48.5 Å². The highest BCUT2D eigenvalue weighted by atomic mass is 35.5. The lowest BCUT2D eigenvalue weighted by Gasteiger charge is -2.11. The quantitative estimate of drug-likeness (QED) is 0.0605. The first kappa shape index (κ1) is 34.1. The van der Waals surface area contributed by atoms with Crippen LogP contribution < -0.4 is 16.4 Å². The highest BCUT2D eigenvalue weighted by Gasteiger charge is 2.20. The number of hydrogen-bond donors (Lipinski definition) is 6. The highest BCUT2D eigenvalue weighted by molar-refractivity contribution is 7.94. The lowest BCUT2D eigenvalue weighted by Crippen LogP contribution is -2.05. The summed E-state index contributed by atoms with van der Waals surface area (Å²) in [5.41, 5.74) is 5.91. The highest BCUT2D eigenvalue weighted by Crippen LogP contribution is 2.41. The Kier molecular flexibility index (Phi) is 9.05. The second kappa shape index (κ2) is 12.7. The number of rotatable bonds is 10. The predicted molar refractivity (Wildman–Crippen MR) is 175 cm³/mol. The number of aromatic nitrogens is 3. The fraction of sp³-hybridized carbons (Fsp3) is 0. The van der Waals surface area contributed by atoms with Gasteiger partial charge in [-0.25, -0.2) is 8.42 Å². The number of phenols is 1. The van der Waals surface area contributed by atoms with E-state index < -0.39 is 45.6 Å². The number of fused-ring (bicyclic) bond motifs is 1. The normalized spacial score (nSPS) is 12.3. The minimum atomic E-state index is -4.92. The second-order valence-corrected chi connectivity index (χ2v) is 14.7. The first-order valence-corrected chi connectivity index (χ1v) is 17.7. The van der Waals surface area contributed by atoms with Crippen molar-refractivity contribution in [1.29, 1.82) is 0 Å². The van der Waals surface area contributed by atoms with Gasteiger partial charge in [0.05, 0.1) is 20.9 Å². The summed E-state index contributed by atoms with van der Waals surface area (Å²) >= 11 is 6.04. The number of nitrogens with zero attached hydrogens (tertiary/aromatic N) is 5. The zero-order valence-electron chi connectivity index (χ0n) is 23.8. The van der Waals surface area contributed by atoms with Crippen molar-refractivity contribution in [2.45, 2.75) is 14.7 Å². The van der Waals surface area contributed by atoms with Crippen LogP contribution in [0, 0.1) is 0 Å². The third-order valence-corrected chi connectivity index (χ3v) is 9.64. The number of phenolic OH excluding ortho intramolecular Hbond substituents is 1. The summed E-state index contributed by atoms with van der Waals surface area (Å²) < 4.78 is 91.0. The van der Waals surface area contributed by atoms with Crippen molar-refractivity contribution < 1.29 is 39.5 Å². The molecule has 0 radical (unpaired) electrons. The predicted octanol–water partition coefficient (Wildman–Crippen LogP) is 5.28. The number of nitrogens with one attached hydrogen (secondary N) is 2. The molecule has 1 heterocycles. The summed E-state index contributed by atoms with van der Waals surface area (Å²) in [4.78, 5) is 10.8. The lowest BCUT2D eigenvalue weighted by molar-refractivity contribution is 0.471. The summed E-state index contributed by atoms with van der Waals surface area (Å²) in [5.74, 6) is -0.822. The van der Waals surface area contributed by atoms with E-state index >= 15 is 0 Å². The largest absolute Gasteiger partial charge is 0.507 e. The molecule has 0 aliphatic rings. The van der Waals surface area contributed by atoms with E-state index in [9.17, 15) is 39.5 Å². The smallest absolute Gasteiger partial charge is 0.296 e. The summed E-state index contributed by atoms with van der Waals surface area (Å²) in [6.07, 6.45) is 0. The Morgan fingerprint density at radius 1 is 0.771 bits per heavy atom. The molecule has 0 spiro atoms. The molecular formula is C27H21ClN8O9S3. The Balaban J connectivity index is 1.45. The van der Waals surface area contributed by atoms with Crippen LogP contribution in [0.1, 0.15) is 0 Å². The van der Waals surface area contributed by atoms with Crippen molar-refractivity contribution in [3.8, 4) is 5.75 Å². The zero-order chi connectivity index (χ0) is 35.0. The number of nitrogen functional groups attached to an aromatic ring is 1. The molecule has 0 saturated heterocycles. The maximum absolute atomic E-state index is 12.3. The Morgan fingerprint density at radius 2 is 1.40 bits per heavy atom. The molecule has 1 aromatic heterocycles. The van der Waals surface area contributed by atoms with Crippen LogP contribution in [0.4, 0.5) is 40.3 Å². The number of anilines is 5. The number of benzene rings is 4. The van der Waals surface area contributed by atoms with Gasteiger partial charge >= 0.3 is 0 Å². The van der Waals surface area contributed by atoms with Crippen LogP contribution in [-0.4, -0.2) is 54.4 Å². The third-order valence-electron chi connectivity index (χ3n) is 6.39. The van der Waals surface area contributed by atoms with E-state index in [1.807, 2.05) is 0 Å². The van der Waals surface area contributed by atoms with Gasteiger partial charge in [0.2, 0.25) is 17.2 Å². The molecule has 0 saturated carbocycles. The molecule has 0 atom stereocenters. The number of halogens is 1. The van der Waals surface area contributed by atoms with Gasteiger partial charge in [-0.2, -0.15) is 31.8 Å². The van der Waals surface area contributed by atoms with Gasteiger partial charge in [0, 0.05) is 22.8 Å². The van der Waals surface area contributed by atoms with Gasteiger partial charge < -0.3 is 21.5 Å². The molecule has 0 amide bonds. The van der Waals surface area contributed by atoms with Gasteiger partial charge in [-0.3, -0.25) is 9.11 Å². The number of sulfone groups is 1. The van der Waals surface area contributed by atoms with E-state index in [0.717, 1.165) is 23.6 Å². The maximum atomic E-state index is 12.3. The van der Waals surface area contributed by atoms with Gasteiger partial charge in [0.25, 0.3) is 20.2 Å². The average molecular weight is 733 g/mol. The zero-order valence-corrected chi connectivity index (χ0v) is 27.0. The van der Waals surface area contributed by atoms with E-state index in [0.29, 0.717) is 5.69 Å². The van der Waals surface area contributed by atoms with Gasteiger partial charge in [0.1, 0.15) is 22.0 Å². The molecule has 0 unspecified atom stereocenters. The van der Waals surface area contributed by atoms with Gasteiger partial charge in [-0.15, -0.1) is 10.2 Å². The van der Waals surface area contributed by atoms with Crippen molar-refractivity contribution in [1.82, 2.24) is 15.0 Å². The van der Waals surface area contributed by atoms with E-state index in [-0.39, 0.29) is 55.6 Å². The Morgan fingerprint density at radius 3 is 2.00 bits per heavy atom. The first-order chi connectivity index (χ1) is 22.4. The summed E-state index contributed by atoms with van der Waals surface area (Å²) in [6.45, 7) is 3.28. The van der Waals surface area contributed by atoms with Crippen molar-refractivity contribution in [2.75, 3.05) is 16.4 Å². The van der Waals surface area contributed by atoms with Crippen molar-refractivity contribution in [3.63, 3.8) is 0 Å². The van der Waals surface area contributed by atoms with E-state index in [1.54, 1.807) is 0 Å². The van der Waals surface area contributed by atoms with Crippen molar-refractivity contribution >= 4 is 92.8 Å². The molecule has 21 heteroatoms. The molecule has 7 N–H and O–H groups in total. The molecule has 17 nitrogen and oxygen atoms in total. The number of aromatic hydroxyl groups is 1. The molecule has 4 aromatic carbocycles. The monoisotopic (exact) mass is 732 g/mol. The van der Waals surface area contributed by atoms with Crippen LogP contribution in [0.15, 0.2) is 104 Å². The lowest BCUT2D eigenvalue weighted by atomic mass is 10.1. The topological polar surface area (TPSA) is 277 Å². The fourth-order valence-corrected chi connectivity index (χ4v) is 6.25. The first-order valence-electron chi connectivity index (χ1n) is 12.9. The van der Waals surface area contributed by atoms with Gasteiger partial charge in [0.15, 0.2) is 9.84 Å². The van der Waals surface area contributed by atoms with Crippen LogP contribution in [0.5, 0.6) is 5.75 Å².